The Morgan fingerprint density at radius 1 is 1.03 bits per heavy atom. The predicted octanol–water partition coefficient (Wildman–Crippen LogP) is 2.83. The fourth-order valence-corrected chi connectivity index (χ4v) is 4.38. The van der Waals surface area contributed by atoms with Crippen molar-refractivity contribution in [1.82, 2.24) is 24.9 Å². The first-order valence-electron chi connectivity index (χ1n) is 11.0. The number of nitrogens with zero attached hydrogens (tertiary/aromatic N) is 3. The van der Waals surface area contributed by atoms with Crippen molar-refractivity contribution in [1.29, 1.82) is 0 Å². The summed E-state index contributed by atoms with van der Waals surface area (Å²) < 4.78 is 41.2. The molecule has 1 amide bonds. The summed E-state index contributed by atoms with van der Waals surface area (Å²) in [6, 6.07) is 12.3. The van der Waals surface area contributed by atoms with Crippen molar-refractivity contribution in [2.75, 3.05) is 26.2 Å². The van der Waals surface area contributed by atoms with E-state index in [4.69, 9.17) is 0 Å². The van der Waals surface area contributed by atoms with E-state index in [2.05, 4.69) is 24.9 Å². The van der Waals surface area contributed by atoms with Gasteiger partial charge in [0.1, 0.15) is 5.82 Å². The normalized spacial score (nSPS) is 11.5. The third-order valence-corrected chi connectivity index (χ3v) is 6.73. The minimum absolute atomic E-state index is 0.132. The number of carbonyl (C=O) groups excluding carboxylic acids is 1. The maximum absolute atomic E-state index is 13.4. The van der Waals surface area contributed by atoms with Gasteiger partial charge in [0.2, 0.25) is 10.0 Å². The van der Waals surface area contributed by atoms with Crippen LogP contribution in [0.5, 0.6) is 0 Å². The highest BCUT2D eigenvalue weighted by atomic mass is 32.2. The van der Waals surface area contributed by atoms with Crippen molar-refractivity contribution in [3.05, 3.63) is 77.9 Å². The van der Waals surface area contributed by atoms with Crippen LogP contribution in [-0.4, -0.2) is 55.4 Å². The second kappa shape index (κ2) is 11.8. The average Bonchev–Trinajstić information content (AvgIpc) is 2.85. The molecule has 34 heavy (non-hydrogen) atoms. The first-order chi connectivity index (χ1) is 16.3. The second-order valence-electron chi connectivity index (χ2n) is 7.56. The molecular weight excluding hydrogens is 457 g/mol. The van der Waals surface area contributed by atoms with Gasteiger partial charge in [0.05, 0.1) is 10.5 Å². The smallest absolute Gasteiger partial charge is 0.254 e. The molecule has 0 fully saturated rings. The summed E-state index contributed by atoms with van der Waals surface area (Å²) >= 11 is 0. The number of aromatic nitrogens is 2. The fourth-order valence-electron chi connectivity index (χ4n) is 3.29. The molecule has 0 aliphatic heterocycles. The molecule has 8 nitrogen and oxygen atoms in total. The largest absolute Gasteiger partial charge is 0.348 e. The molecule has 0 saturated heterocycles. The molecule has 2 aromatic carbocycles. The number of nitrogens with one attached hydrogen (secondary N) is 2. The standard InChI is InChI=1S/C24H28FN5O3S/c1-3-30(4-2)12-11-29-34(32,33)22-10-5-7-18(13-22)15-28-24(31)20-16-26-23(27-17-20)19-8-6-9-21(25)14-19/h5-10,13-14,16-17,29H,3-4,11-12,15H2,1-2H3,(H,28,31). The van der Waals surface area contributed by atoms with Gasteiger partial charge < -0.3 is 10.2 Å². The van der Waals surface area contributed by atoms with Crippen LogP contribution in [0.2, 0.25) is 0 Å². The second-order valence-corrected chi connectivity index (χ2v) is 9.33. The molecule has 1 aromatic heterocycles. The lowest BCUT2D eigenvalue weighted by Gasteiger charge is -2.18. The van der Waals surface area contributed by atoms with Crippen LogP contribution >= 0.6 is 0 Å². The number of rotatable bonds is 11. The van der Waals surface area contributed by atoms with E-state index in [0.29, 0.717) is 30.0 Å². The van der Waals surface area contributed by atoms with Gasteiger partial charge in [-0.3, -0.25) is 4.79 Å². The molecule has 0 radical (unpaired) electrons. The SMILES string of the molecule is CCN(CC)CCNS(=O)(=O)c1cccc(CNC(=O)c2cnc(-c3cccc(F)c3)nc2)c1. The summed E-state index contributed by atoms with van der Waals surface area (Å²) in [5.74, 6) is -0.495. The minimum atomic E-state index is -3.66. The lowest BCUT2D eigenvalue weighted by atomic mass is 10.2. The number of carbonyl (C=O) groups is 1. The molecule has 0 atom stereocenters. The first kappa shape index (κ1) is 25.4. The van der Waals surface area contributed by atoms with Crippen LogP contribution in [0.4, 0.5) is 4.39 Å². The third kappa shape index (κ3) is 6.89. The molecule has 2 N–H and O–H groups in total. The summed E-state index contributed by atoms with van der Waals surface area (Å²) in [5, 5.41) is 2.73. The van der Waals surface area contributed by atoms with Crippen LogP contribution in [0.25, 0.3) is 11.4 Å². The van der Waals surface area contributed by atoms with Crippen LogP contribution < -0.4 is 10.0 Å². The summed E-state index contributed by atoms with van der Waals surface area (Å²) in [4.78, 5) is 23.0. The maximum atomic E-state index is 13.4. The number of hydrogen-bond donors (Lipinski definition) is 2. The zero-order chi connectivity index (χ0) is 24.6. The number of sulfonamides is 1. The van der Waals surface area contributed by atoms with E-state index in [1.807, 2.05) is 13.8 Å². The fraction of sp³-hybridized carbons (Fsp3) is 0.292. The maximum Gasteiger partial charge on any atom is 0.254 e. The lowest BCUT2D eigenvalue weighted by molar-refractivity contribution is 0.0950. The highest BCUT2D eigenvalue weighted by Gasteiger charge is 2.15. The van der Waals surface area contributed by atoms with Gasteiger partial charge in [-0.25, -0.2) is 27.5 Å². The summed E-state index contributed by atoms with van der Waals surface area (Å²) in [5.41, 5.74) is 1.38. The molecule has 180 valence electrons. The number of hydrogen-bond acceptors (Lipinski definition) is 6. The van der Waals surface area contributed by atoms with Gasteiger partial charge in [0.15, 0.2) is 5.82 Å². The summed E-state index contributed by atoms with van der Waals surface area (Å²) in [7, 11) is -3.66. The van der Waals surface area contributed by atoms with E-state index in [1.54, 1.807) is 24.3 Å². The van der Waals surface area contributed by atoms with Crippen molar-refractivity contribution in [3.8, 4) is 11.4 Å². The Kier molecular flexibility index (Phi) is 8.80. The van der Waals surface area contributed by atoms with E-state index in [9.17, 15) is 17.6 Å². The Balaban J connectivity index is 1.59. The molecule has 0 bridgehead atoms. The summed E-state index contributed by atoms with van der Waals surface area (Å²) in [6.45, 7) is 6.84. The number of likely N-dealkylation sites (N-methyl/N-ethyl adjacent to an activating group) is 1. The zero-order valence-electron chi connectivity index (χ0n) is 19.2. The summed E-state index contributed by atoms with van der Waals surface area (Å²) in [6.07, 6.45) is 2.73. The third-order valence-electron chi connectivity index (χ3n) is 5.27. The van der Waals surface area contributed by atoms with Crippen molar-refractivity contribution in [2.24, 2.45) is 0 Å². The van der Waals surface area contributed by atoms with E-state index in [1.165, 1.54) is 36.7 Å². The molecule has 3 rings (SSSR count). The number of halogens is 1. The molecule has 0 spiro atoms. The van der Waals surface area contributed by atoms with Gasteiger partial charge in [-0.05, 0) is 42.9 Å². The lowest BCUT2D eigenvalue weighted by Crippen LogP contribution is -2.34. The molecule has 1 heterocycles. The van der Waals surface area contributed by atoms with Gasteiger partial charge in [-0.1, -0.05) is 38.1 Å². The molecule has 0 unspecified atom stereocenters. The van der Waals surface area contributed by atoms with Crippen molar-refractivity contribution >= 4 is 15.9 Å². The Morgan fingerprint density at radius 3 is 2.41 bits per heavy atom. The number of amides is 1. The molecule has 0 aliphatic carbocycles. The molecule has 3 aromatic rings. The van der Waals surface area contributed by atoms with Crippen LogP contribution in [0.15, 0.2) is 65.8 Å². The van der Waals surface area contributed by atoms with E-state index < -0.39 is 21.7 Å². The number of benzene rings is 2. The average molecular weight is 486 g/mol. The molecule has 0 saturated carbocycles. The van der Waals surface area contributed by atoms with Crippen molar-refractivity contribution in [2.45, 2.75) is 25.3 Å². The highest BCUT2D eigenvalue weighted by Crippen LogP contribution is 2.16. The first-order valence-corrected chi connectivity index (χ1v) is 12.5. The topological polar surface area (TPSA) is 104 Å². The quantitative estimate of drug-likeness (QED) is 0.433. The van der Waals surface area contributed by atoms with Gasteiger partial charge >= 0.3 is 0 Å². The van der Waals surface area contributed by atoms with Crippen LogP contribution in [-0.2, 0) is 16.6 Å². The van der Waals surface area contributed by atoms with Crippen LogP contribution in [0, 0.1) is 5.82 Å². The Morgan fingerprint density at radius 2 is 1.74 bits per heavy atom. The van der Waals surface area contributed by atoms with Gasteiger partial charge in [-0.15, -0.1) is 0 Å². The van der Waals surface area contributed by atoms with Crippen LogP contribution in [0.1, 0.15) is 29.8 Å². The van der Waals surface area contributed by atoms with E-state index >= 15 is 0 Å². The molecular formula is C24H28FN5O3S. The van der Waals surface area contributed by atoms with Crippen molar-refractivity contribution in [3.63, 3.8) is 0 Å². The monoisotopic (exact) mass is 485 g/mol. The van der Waals surface area contributed by atoms with Crippen LogP contribution in [0.3, 0.4) is 0 Å². The Bertz CT molecular complexity index is 1220. The predicted molar refractivity (Wildman–Crippen MR) is 128 cm³/mol. The van der Waals surface area contributed by atoms with Gasteiger partial charge in [0.25, 0.3) is 5.91 Å². The Hall–Kier alpha value is -3.21. The van der Waals surface area contributed by atoms with Gasteiger partial charge in [-0.2, -0.15) is 0 Å². The Labute approximate surface area is 199 Å². The molecule has 0 aliphatic rings. The van der Waals surface area contributed by atoms with Gasteiger partial charge in [0, 0.05) is 37.6 Å². The molecule has 10 heteroatoms. The van der Waals surface area contributed by atoms with E-state index in [-0.39, 0.29) is 17.0 Å². The minimum Gasteiger partial charge on any atom is -0.348 e. The highest BCUT2D eigenvalue weighted by molar-refractivity contribution is 7.89. The van der Waals surface area contributed by atoms with E-state index in [0.717, 1.165) is 13.1 Å². The zero-order valence-corrected chi connectivity index (χ0v) is 20.0. The van der Waals surface area contributed by atoms with Crippen molar-refractivity contribution < 1.29 is 17.6 Å².